The Balaban J connectivity index is 1.65. The zero-order valence-electron chi connectivity index (χ0n) is 22.8. The molecule has 196 valence electrons. The van der Waals surface area contributed by atoms with Crippen LogP contribution in [0.2, 0.25) is 0 Å². The van der Waals surface area contributed by atoms with E-state index in [-0.39, 0.29) is 39.8 Å². The standard InChI is InChI=1S/C30H46O5/c1-17-10-13-30(24(33)34)15-14-27(5)18(22(30)29(17,7)35)8-9-21-26(4)16-19(31)23(32)25(2,3)20(26)11-12-28(21,27)6/h8,17,19-22,31,35H,9-16H2,1-7H3,(H,33,34)/t17-,19-,20+,21-,22?,26+,27-,28-,29-,30+/m1/s1. The maximum atomic E-state index is 13.0. The highest BCUT2D eigenvalue weighted by Gasteiger charge is 2.71. The number of carboxylic acid groups (broad SMARTS) is 1. The highest BCUT2D eigenvalue weighted by Crippen LogP contribution is 2.75. The van der Waals surface area contributed by atoms with E-state index in [1.165, 1.54) is 5.57 Å². The Labute approximate surface area is 210 Å². The Bertz CT molecular complexity index is 995. The molecule has 5 aliphatic carbocycles. The van der Waals surface area contributed by atoms with E-state index in [1.807, 2.05) is 20.8 Å². The molecule has 1 unspecified atom stereocenters. The molecule has 0 aromatic carbocycles. The van der Waals surface area contributed by atoms with E-state index in [2.05, 4.69) is 33.8 Å². The minimum Gasteiger partial charge on any atom is -0.481 e. The van der Waals surface area contributed by atoms with Crippen molar-refractivity contribution < 1.29 is 24.9 Å². The molecular formula is C30H46O5. The largest absolute Gasteiger partial charge is 0.481 e. The number of rotatable bonds is 1. The third-order valence-electron chi connectivity index (χ3n) is 13.2. The first-order valence-electron chi connectivity index (χ1n) is 13.9. The molecule has 0 heterocycles. The van der Waals surface area contributed by atoms with Gasteiger partial charge in [0, 0.05) is 11.3 Å². The summed E-state index contributed by atoms with van der Waals surface area (Å²) < 4.78 is 0. The molecule has 5 aliphatic rings. The first kappa shape index (κ1) is 25.4. The first-order valence-corrected chi connectivity index (χ1v) is 13.9. The Hall–Kier alpha value is -1.20. The van der Waals surface area contributed by atoms with Crippen molar-refractivity contribution in [1.29, 1.82) is 0 Å². The lowest BCUT2D eigenvalue weighted by molar-refractivity contribution is -0.213. The smallest absolute Gasteiger partial charge is 0.310 e. The van der Waals surface area contributed by atoms with Gasteiger partial charge in [0.15, 0.2) is 5.78 Å². The van der Waals surface area contributed by atoms with Crippen LogP contribution in [0, 0.1) is 50.7 Å². The quantitative estimate of drug-likeness (QED) is 0.432. The average Bonchev–Trinajstić information content (AvgIpc) is 2.75. The molecule has 0 aromatic heterocycles. The Kier molecular flexibility index (Phi) is 5.25. The van der Waals surface area contributed by atoms with Gasteiger partial charge in [0.25, 0.3) is 0 Å². The van der Waals surface area contributed by atoms with E-state index >= 15 is 0 Å². The first-order chi connectivity index (χ1) is 16.0. The van der Waals surface area contributed by atoms with E-state index in [0.717, 1.165) is 32.1 Å². The SMILES string of the molecule is C[C@@H]1CC[C@]2(C(=O)O)CC[C@]3(C)C(=CC[C@@H]4[C@@]5(C)C[C@@H](O)C(=O)C(C)(C)[C@@H]5CC[C@]43C)C2[C@]1(C)O. The van der Waals surface area contributed by atoms with Crippen LogP contribution in [0.3, 0.4) is 0 Å². The summed E-state index contributed by atoms with van der Waals surface area (Å²) in [5.74, 6) is -0.584. The summed E-state index contributed by atoms with van der Waals surface area (Å²) in [6.07, 6.45) is 7.42. The Morgan fingerprint density at radius 1 is 0.971 bits per heavy atom. The van der Waals surface area contributed by atoms with Gasteiger partial charge in [-0.1, -0.05) is 53.2 Å². The highest BCUT2D eigenvalue weighted by molar-refractivity contribution is 5.89. The fourth-order valence-electron chi connectivity index (χ4n) is 10.8. The molecule has 0 aromatic rings. The Morgan fingerprint density at radius 3 is 2.26 bits per heavy atom. The molecule has 0 saturated heterocycles. The zero-order valence-corrected chi connectivity index (χ0v) is 22.8. The second kappa shape index (κ2) is 7.22. The fourth-order valence-corrected chi connectivity index (χ4v) is 10.8. The predicted octanol–water partition coefficient (Wildman–Crippen LogP) is 5.38. The van der Waals surface area contributed by atoms with Crippen molar-refractivity contribution in [3.63, 3.8) is 0 Å². The van der Waals surface area contributed by atoms with E-state index in [1.54, 1.807) is 0 Å². The average molecular weight is 487 g/mol. The number of hydrogen-bond acceptors (Lipinski definition) is 4. The number of allylic oxidation sites excluding steroid dienone is 1. The number of Topliss-reactive ketones (excluding diaryl/α,β-unsaturated/α-hetero) is 1. The van der Waals surface area contributed by atoms with Gasteiger partial charge in [-0.3, -0.25) is 9.59 Å². The van der Waals surface area contributed by atoms with Gasteiger partial charge in [0.05, 0.1) is 11.0 Å². The van der Waals surface area contributed by atoms with Crippen molar-refractivity contribution in [2.24, 2.45) is 50.7 Å². The summed E-state index contributed by atoms with van der Waals surface area (Å²) in [5, 5.41) is 33.3. The second-order valence-electron chi connectivity index (χ2n) is 14.7. The number of aliphatic hydroxyl groups excluding tert-OH is 1. The van der Waals surface area contributed by atoms with Gasteiger partial charge in [-0.05, 0) is 92.3 Å². The van der Waals surface area contributed by atoms with Crippen molar-refractivity contribution >= 4 is 11.8 Å². The van der Waals surface area contributed by atoms with Gasteiger partial charge in [-0.2, -0.15) is 0 Å². The highest BCUT2D eigenvalue weighted by atomic mass is 16.4. The number of aliphatic carboxylic acids is 1. The molecule has 5 nitrogen and oxygen atoms in total. The molecule has 0 spiro atoms. The molecule has 35 heavy (non-hydrogen) atoms. The van der Waals surface area contributed by atoms with E-state index in [9.17, 15) is 24.9 Å². The normalized spacial score (nSPS) is 55.1. The number of ketones is 1. The number of fused-ring (bicyclic) bond motifs is 7. The van der Waals surface area contributed by atoms with Crippen molar-refractivity contribution in [2.75, 3.05) is 0 Å². The second-order valence-corrected chi connectivity index (χ2v) is 14.7. The minimum atomic E-state index is -1.07. The molecule has 3 N–H and O–H groups in total. The number of hydrogen-bond donors (Lipinski definition) is 3. The van der Waals surface area contributed by atoms with Crippen LogP contribution in [-0.4, -0.2) is 38.8 Å². The van der Waals surface area contributed by atoms with Gasteiger partial charge in [-0.15, -0.1) is 0 Å². The fraction of sp³-hybridized carbons (Fsp3) is 0.867. The van der Waals surface area contributed by atoms with Gasteiger partial charge < -0.3 is 15.3 Å². The van der Waals surface area contributed by atoms with Crippen LogP contribution < -0.4 is 0 Å². The number of aliphatic hydroxyl groups is 2. The molecule has 4 fully saturated rings. The summed E-state index contributed by atoms with van der Waals surface area (Å²) in [7, 11) is 0. The lowest BCUT2D eigenvalue weighted by Gasteiger charge is -2.71. The van der Waals surface area contributed by atoms with E-state index in [4.69, 9.17) is 0 Å². The summed E-state index contributed by atoms with van der Waals surface area (Å²) in [5.41, 5.74) is -1.81. The minimum absolute atomic E-state index is 0.0158. The van der Waals surface area contributed by atoms with Crippen LogP contribution in [0.15, 0.2) is 11.6 Å². The van der Waals surface area contributed by atoms with Crippen LogP contribution in [0.4, 0.5) is 0 Å². The molecule has 5 rings (SSSR count). The van der Waals surface area contributed by atoms with Crippen molar-refractivity contribution in [1.82, 2.24) is 0 Å². The maximum absolute atomic E-state index is 13.0. The van der Waals surface area contributed by atoms with Crippen LogP contribution in [0.5, 0.6) is 0 Å². The molecule has 10 atom stereocenters. The van der Waals surface area contributed by atoms with E-state index in [0.29, 0.717) is 25.2 Å². The van der Waals surface area contributed by atoms with Crippen LogP contribution in [0.1, 0.15) is 99.8 Å². The van der Waals surface area contributed by atoms with Crippen LogP contribution >= 0.6 is 0 Å². The molecule has 4 saturated carbocycles. The number of carboxylic acids is 1. The maximum Gasteiger partial charge on any atom is 0.310 e. The summed E-state index contributed by atoms with van der Waals surface area (Å²) in [6, 6.07) is 0. The molecule has 5 heteroatoms. The van der Waals surface area contributed by atoms with Crippen LogP contribution in [0.25, 0.3) is 0 Å². The van der Waals surface area contributed by atoms with Gasteiger partial charge >= 0.3 is 5.97 Å². The predicted molar refractivity (Wildman–Crippen MR) is 134 cm³/mol. The molecule has 0 aliphatic heterocycles. The summed E-state index contributed by atoms with van der Waals surface area (Å²) >= 11 is 0. The monoisotopic (exact) mass is 486 g/mol. The van der Waals surface area contributed by atoms with Crippen molar-refractivity contribution in [2.45, 2.75) is 112 Å². The Morgan fingerprint density at radius 2 is 1.63 bits per heavy atom. The summed E-state index contributed by atoms with van der Waals surface area (Å²) in [6.45, 7) is 15.0. The van der Waals surface area contributed by atoms with Gasteiger partial charge in [0.2, 0.25) is 0 Å². The number of carbonyl (C=O) groups excluding carboxylic acids is 1. The van der Waals surface area contributed by atoms with E-state index < -0.39 is 28.5 Å². The third kappa shape index (κ3) is 2.83. The lowest BCUT2D eigenvalue weighted by Crippen LogP contribution is -2.68. The van der Waals surface area contributed by atoms with Crippen LogP contribution in [-0.2, 0) is 9.59 Å². The number of carbonyl (C=O) groups is 2. The molecular weight excluding hydrogens is 440 g/mol. The van der Waals surface area contributed by atoms with Crippen molar-refractivity contribution in [3.05, 3.63) is 11.6 Å². The topological polar surface area (TPSA) is 94.8 Å². The molecule has 0 bridgehead atoms. The molecule has 0 radical (unpaired) electrons. The van der Waals surface area contributed by atoms with Gasteiger partial charge in [0.1, 0.15) is 6.10 Å². The zero-order chi connectivity index (χ0) is 26.0. The summed E-state index contributed by atoms with van der Waals surface area (Å²) in [4.78, 5) is 25.8. The third-order valence-corrected chi connectivity index (χ3v) is 13.2. The molecule has 0 amide bonds. The van der Waals surface area contributed by atoms with Gasteiger partial charge in [-0.25, -0.2) is 0 Å². The van der Waals surface area contributed by atoms with Crippen molar-refractivity contribution in [3.8, 4) is 0 Å². The lowest BCUT2D eigenvalue weighted by atomic mass is 9.33.